The molecule has 0 aliphatic carbocycles. The van der Waals surface area contributed by atoms with E-state index in [0.717, 1.165) is 0 Å². The van der Waals surface area contributed by atoms with Crippen LogP contribution < -0.4 is 10.9 Å². The summed E-state index contributed by atoms with van der Waals surface area (Å²) in [7, 11) is 0. The summed E-state index contributed by atoms with van der Waals surface area (Å²) in [5.74, 6) is 0. The minimum absolute atomic E-state index is 0.168. The Morgan fingerprint density at radius 1 is 1.21 bits per heavy atom. The summed E-state index contributed by atoms with van der Waals surface area (Å²) in [6, 6.07) is 4.21. The van der Waals surface area contributed by atoms with Gasteiger partial charge in [-0.1, -0.05) is 20.8 Å². The van der Waals surface area contributed by atoms with Gasteiger partial charge in [-0.15, -0.1) is 11.3 Å². The van der Waals surface area contributed by atoms with Gasteiger partial charge in [0.25, 0.3) is 0 Å². The molecule has 19 heavy (non-hydrogen) atoms. The zero-order chi connectivity index (χ0) is 14.7. The molecule has 1 aromatic rings. The van der Waals surface area contributed by atoms with Gasteiger partial charge in [-0.2, -0.15) is 0 Å². The van der Waals surface area contributed by atoms with E-state index in [2.05, 4.69) is 43.8 Å². The van der Waals surface area contributed by atoms with E-state index in [1.807, 2.05) is 20.8 Å². The number of amides is 1. The maximum atomic E-state index is 11.4. The normalized spacial score (nSPS) is 12.3. The Morgan fingerprint density at radius 2 is 1.84 bits per heavy atom. The lowest BCUT2D eigenvalue weighted by molar-refractivity contribution is 0.0497. The number of hydrogen-bond acceptors (Lipinski definition) is 4. The Hall–Kier alpha value is -1.07. The molecule has 0 radical (unpaired) electrons. The number of ether oxygens (including phenoxy) is 1. The van der Waals surface area contributed by atoms with Crippen molar-refractivity contribution in [3.63, 3.8) is 0 Å². The van der Waals surface area contributed by atoms with Crippen LogP contribution in [0.3, 0.4) is 0 Å². The van der Waals surface area contributed by atoms with Crippen molar-refractivity contribution in [2.24, 2.45) is 0 Å². The first-order valence-electron chi connectivity index (χ1n) is 6.39. The van der Waals surface area contributed by atoms with Crippen LogP contribution in [0, 0.1) is 0 Å². The molecule has 0 aliphatic heterocycles. The molecule has 2 N–H and O–H groups in total. The fourth-order valence-corrected chi connectivity index (χ4v) is 2.39. The number of hydrazine groups is 1. The molecule has 0 aliphatic rings. The van der Waals surface area contributed by atoms with Crippen LogP contribution in [0.4, 0.5) is 4.79 Å². The van der Waals surface area contributed by atoms with Crippen molar-refractivity contribution in [3.05, 3.63) is 21.9 Å². The SMILES string of the molecule is CC(C)(C)OC(=O)NNCc1ccc(C(C)(C)C)s1. The molecule has 0 aromatic carbocycles. The maximum Gasteiger partial charge on any atom is 0.422 e. The number of hydrogen-bond donors (Lipinski definition) is 2. The van der Waals surface area contributed by atoms with Crippen LogP contribution >= 0.6 is 11.3 Å². The summed E-state index contributed by atoms with van der Waals surface area (Å²) < 4.78 is 5.13. The van der Waals surface area contributed by atoms with Crippen molar-refractivity contribution < 1.29 is 9.53 Å². The molecule has 4 nitrogen and oxygen atoms in total. The fraction of sp³-hybridized carbons (Fsp3) is 0.643. The molecule has 0 fully saturated rings. The molecule has 0 saturated heterocycles. The summed E-state index contributed by atoms with van der Waals surface area (Å²) >= 11 is 1.75. The highest BCUT2D eigenvalue weighted by atomic mass is 32.1. The van der Waals surface area contributed by atoms with Crippen LogP contribution in [0.1, 0.15) is 51.3 Å². The largest absolute Gasteiger partial charge is 0.443 e. The van der Waals surface area contributed by atoms with Gasteiger partial charge in [0.05, 0.1) is 0 Å². The standard InChI is InChI=1S/C14H24N2O2S/c1-13(2,3)11-8-7-10(19-11)9-15-16-12(17)18-14(4,5)6/h7-8,15H,9H2,1-6H3,(H,16,17). The molecule has 0 atom stereocenters. The van der Waals surface area contributed by atoms with Gasteiger partial charge in [-0.05, 0) is 38.3 Å². The number of rotatable bonds is 3. The first-order chi connectivity index (χ1) is 8.58. The highest BCUT2D eigenvalue weighted by Gasteiger charge is 2.17. The summed E-state index contributed by atoms with van der Waals surface area (Å²) in [6.07, 6.45) is -0.458. The zero-order valence-corrected chi connectivity index (χ0v) is 13.4. The van der Waals surface area contributed by atoms with E-state index in [1.165, 1.54) is 9.75 Å². The Morgan fingerprint density at radius 3 is 2.32 bits per heavy atom. The number of carbonyl (C=O) groups is 1. The highest BCUT2D eigenvalue weighted by molar-refractivity contribution is 7.12. The summed E-state index contributed by atoms with van der Waals surface area (Å²) in [5, 5.41) is 0. The van der Waals surface area contributed by atoms with Gasteiger partial charge in [0.1, 0.15) is 5.60 Å². The minimum Gasteiger partial charge on any atom is -0.443 e. The Kier molecular flexibility index (Phi) is 4.98. The van der Waals surface area contributed by atoms with Crippen molar-refractivity contribution in [2.75, 3.05) is 0 Å². The average Bonchev–Trinajstić information content (AvgIpc) is 2.62. The lowest BCUT2D eigenvalue weighted by Gasteiger charge is -2.19. The third-order valence-corrected chi connectivity index (χ3v) is 3.76. The molecular formula is C14H24N2O2S. The molecule has 1 aromatic heterocycles. The smallest absolute Gasteiger partial charge is 0.422 e. The Balaban J connectivity index is 2.38. The van der Waals surface area contributed by atoms with Gasteiger partial charge in [0.15, 0.2) is 0 Å². The van der Waals surface area contributed by atoms with Crippen molar-refractivity contribution in [2.45, 2.75) is 59.1 Å². The van der Waals surface area contributed by atoms with Crippen LogP contribution in [-0.4, -0.2) is 11.7 Å². The minimum atomic E-state index is -0.478. The van der Waals surface area contributed by atoms with Crippen LogP contribution in [0.5, 0.6) is 0 Å². The molecule has 5 heteroatoms. The van der Waals surface area contributed by atoms with Gasteiger partial charge in [0.2, 0.25) is 0 Å². The second-order valence-electron chi connectivity index (χ2n) is 6.50. The molecule has 1 heterocycles. The number of thiophene rings is 1. The predicted molar refractivity (Wildman–Crippen MR) is 79.2 cm³/mol. The molecule has 0 unspecified atom stereocenters. The zero-order valence-electron chi connectivity index (χ0n) is 12.6. The van der Waals surface area contributed by atoms with Gasteiger partial charge >= 0.3 is 6.09 Å². The van der Waals surface area contributed by atoms with Crippen LogP contribution in [0.2, 0.25) is 0 Å². The van der Waals surface area contributed by atoms with Crippen molar-refractivity contribution >= 4 is 17.4 Å². The van der Waals surface area contributed by atoms with Crippen LogP contribution in [-0.2, 0) is 16.7 Å². The molecule has 1 rings (SSSR count). The lowest BCUT2D eigenvalue weighted by atomic mass is 9.95. The second-order valence-corrected chi connectivity index (χ2v) is 7.66. The molecule has 0 bridgehead atoms. The van der Waals surface area contributed by atoms with E-state index in [0.29, 0.717) is 6.54 Å². The van der Waals surface area contributed by atoms with Gasteiger partial charge in [0, 0.05) is 16.3 Å². The molecular weight excluding hydrogens is 260 g/mol. The van der Waals surface area contributed by atoms with E-state index in [4.69, 9.17) is 4.74 Å². The quantitative estimate of drug-likeness (QED) is 0.834. The third kappa shape index (κ3) is 6.07. The average molecular weight is 284 g/mol. The second kappa shape index (κ2) is 5.92. The Bertz CT molecular complexity index is 427. The van der Waals surface area contributed by atoms with Crippen LogP contribution in [0.25, 0.3) is 0 Å². The molecule has 108 valence electrons. The van der Waals surface area contributed by atoms with E-state index in [-0.39, 0.29) is 5.41 Å². The number of nitrogens with one attached hydrogen (secondary N) is 2. The first kappa shape index (κ1) is 16.0. The maximum absolute atomic E-state index is 11.4. The summed E-state index contributed by atoms with van der Waals surface area (Å²) in [6.45, 7) is 12.7. The Labute approximate surface area is 119 Å². The fourth-order valence-electron chi connectivity index (χ4n) is 1.38. The van der Waals surface area contributed by atoms with Gasteiger partial charge in [-0.25, -0.2) is 10.2 Å². The summed E-state index contributed by atoms with van der Waals surface area (Å²) in [5.41, 5.74) is 5.10. The first-order valence-corrected chi connectivity index (χ1v) is 7.20. The van der Waals surface area contributed by atoms with Crippen molar-refractivity contribution in [3.8, 4) is 0 Å². The molecule has 0 saturated carbocycles. The third-order valence-electron chi connectivity index (χ3n) is 2.25. The van der Waals surface area contributed by atoms with E-state index in [1.54, 1.807) is 11.3 Å². The highest BCUT2D eigenvalue weighted by Crippen LogP contribution is 2.29. The van der Waals surface area contributed by atoms with Crippen molar-refractivity contribution in [1.29, 1.82) is 0 Å². The molecule has 0 spiro atoms. The van der Waals surface area contributed by atoms with E-state index < -0.39 is 11.7 Å². The molecule has 1 amide bonds. The number of carbonyl (C=O) groups excluding carboxylic acids is 1. The van der Waals surface area contributed by atoms with Gasteiger partial charge < -0.3 is 4.74 Å². The van der Waals surface area contributed by atoms with E-state index >= 15 is 0 Å². The monoisotopic (exact) mass is 284 g/mol. The topological polar surface area (TPSA) is 50.4 Å². The van der Waals surface area contributed by atoms with Gasteiger partial charge in [-0.3, -0.25) is 5.43 Å². The van der Waals surface area contributed by atoms with E-state index in [9.17, 15) is 4.79 Å². The lowest BCUT2D eigenvalue weighted by Crippen LogP contribution is -2.40. The predicted octanol–water partition coefficient (Wildman–Crippen LogP) is 3.57. The van der Waals surface area contributed by atoms with Crippen LogP contribution in [0.15, 0.2) is 12.1 Å². The van der Waals surface area contributed by atoms with Crippen molar-refractivity contribution in [1.82, 2.24) is 10.9 Å². The summed E-state index contributed by atoms with van der Waals surface area (Å²) in [4.78, 5) is 13.9.